The third kappa shape index (κ3) is 2.43. The highest BCUT2D eigenvalue weighted by Crippen LogP contribution is 2.24. The molecule has 1 unspecified atom stereocenters. The van der Waals surface area contributed by atoms with Crippen LogP contribution in [0.2, 0.25) is 0 Å². The SMILES string of the molecule is NC(c1ccncc1)c1ccc2ncc(-c3ccccc3F)n2n1. The van der Waals surface area contributed by atoms with E-state index in [9.17, 15) is 4.39 Å². The minimum Gasteiger partial charge on any atom is -0.319 e. The van der Waals surface area contributed by atoms with Gasteiger partial charge in [0.25, 0.3) is 0 Å². The fraction of sp³-hybridized carbons (Fsp3) is 0.0556. The molecule has 5 nitrogen and oxygen atoms in total. The Balaban J connectivity index is 1.84. The van der Waals surface area contributed by atoms with E-state index in [1.54, 1.807) is 41.3 Å². The van der Waals surface area contributed by atoms with Gasteiger partial charge in [-0.1, -0.05) is 12.1 Å². The quantitative estimate of drug-likeness (QED) is 0.630. The molecule has 6 heteroatoms. The zero-order valence-electron chi connectivity index (χ0n) is 12.7. The summed E-state index contributed by atoms with van der Waals surface area (Å²) in [6.07, 6.45) is 4.99. The van der Waals surface area contributed by atoms with Crippen LogP contribution < -0.4 is 5.73 Å². The number of nitrogens with zero attached hydrogens (tertiary/aromatic N) is 4. The first-order chi connectivity index (χ1) is 11.7. The minimum absolute atomic E-state index is 0.315. The Morgan fingerprint density at radius 2 is 1.79 bits per heavy atom. The average Bonchev–Trinajstić information content (AvgIpc) is 3.05. The molecular weight excluding hydrogens is 305 g/mol. The molecule has 4 rings (SSSR count). The summed E-state index contributed by atoms with van der Waals surface area (Å²) < 4.78 is 15.7. The van der Waals surface area contributed by atoms with Gasteiger partial charge in [0.15, 0.2) is 5.65 Å². The lowest BCUT2D eigenvalue weighted by atomic mass is 10.1. The Morgan fingerprint density at radius 3 is 2.58 bits per heavy atom. The second-order valence-corrected chi connectivity index (χ2v) is 5.41. The van der Waals surface area contributed by atoms with Crippen molar-refractivity contribution in [3.63, 3.8) is 0 Å². The van der Waals surface area contributed by atoms with Crippen LogP contribution >= 0.6 is 0 Å². The summed E-state index contributed by atoms with van der Waals surface area (Å²) in [5.41, 5.74) is 9.55. The van der Waals surface area contributed by atoms with Crippen molar-refractivity contribution in [1.82, 2.24) is 19.6 Å². The number of benzene rings is 1. The molecule has 3 aromatic heterocycles. The van der Waals surface area contributed by atoms with Crippen molar-refractivity contribution >= 4 is 5.65 Å². The molecule has 3 heterocycles. The number of hydrogen-bond donors (Lipinski definition) is 1. The zero-order chi connectivity index (χ0) is 16.5. The molecule has 2 N–H and O–H groups in total. The van der Waals surface area contributed by atoms with Gasteiger partial charge in [0.1, 0.15) is 5.82 Å². The Kier molecular flexibility index (Phi) is 3.51. The van der Waals surface area contributed by atoms with Gasteiger partial charge in [-0.2, -0.15) is 5.10 Å². The standard InChI is InChI=1S/C18H14FN5/c19-14-4-2-1-3-13(14)16-11-22-17-6-5-15(23-24(16)17)18(20)12-7-9-21-10-8-12/h1-11,18H,20H2. The van der Waals surface area contributed by atoms with Crippen LogP contribution in [0.1, 0.15) is 17.3 Å². The minimum atomic E-state index is -0.395. The van der Waals surface area contributed by atoms with Crippen LogP contribution in [0.3, 0.4) is 0 Å². The van der Waals surface area contributed by atoms with Crippen molar-refractivity contribution in [2.45, 2.75) is 6.04 Å². The molecule has 0 bridgehead atoms. The monoisotopic (exact) mass is 319 g/mol. The van der Waals surface area contributed by atoms with E-state index in [1.165, 1.54) is 6.07 Å². The van der Waals surface area contributed by atoms with Gasteiger partial charge in [-0.25, -0.2) is 13.9 Å². The zero-order valence-corrected chi connectivity index (χ0v) is 12.7. The van der Waals surface area contributed by atoms with E-state index >= 15 is 0 Å². The van der Waals surface area contributed by atoms with Crippen molar-refractivity contribution in [1.29, 1.82) is 0 Å². The third-order valence-electron chi connectivity index (χ3n) is 3.92. The van der Waals surface area contributed by atoms with Crippen molar-refractivity contribution < 1.29 is 4.39 Å². The molecular formula is C18H14FN5. The second kappa shape index (κ2) is 5.82. The van der Waals surface area contributed by atoms with Gasteiger partial charge in [0, 0.05) is 18.0 Å². The fourth-order valence-corrected chi connectivity index (χ4v) is 2.65. The number of hydrogen-bond acceptors (Lipinski definition) is 4. The largest absolute Gasteiger partial charge is 0.319 e. The van der Waals surface area contributed by atoms with Crippen LogP contribution in [-0.2, 0) is 0 Å². The highest BCUT2D eigenvalue weighted by atomic mass is 19.1. The number of imidazole rings is 1. The maximum atomic E-state index is 14.1. The first-order valence-electron chi connectivity index (χ1n) is 7.49. The summed E-state index contributed by atoms with van der Waals surface area (Å²) in [5.74, 6) is -0.315. The van der Waals surface area contributed by atoms with E-state index in [2.05, 4.69) is 15.1 Å². The molecule has 0 aliphatic rings. The third-order valence-corrected chi connectivity index (χ3v) is 3.92. The second-order valence-electron chi connectivity index (χ2n) is 5.41. The first-order valence-corrected chi connectivity index (χ1v) is 7.49. The van der Waals surface area contributed by atoms with Crippen molar-refractivity contribution in [3.05, 3.63) is 84.2 Å². The van der Waals surface area contributed by atoms with E-state index in [0.717, 1.165) is 5.56 Å². The summed E-state index contributed by atoms with van der Waals surface area (Å²) >= 11 is 0. The predicted octanol–water partition coefficient (Wildman–Crippen LogP) is 2.98. The summed E-state index contributed by atoms with van der Waals surface area (Å²) in [6, 6.07) is 13.5. The number of rotatable bonds is 3. The highest BCUT2D eigenvalue weighted by Gasteiger charge is 2.15. The molecule has 1 atom stereocenters. The molecule has 0 saturated heterocycles. The number of pyridine rings is 1. The summed E-state index contributed by atoms with van der Waals surface area (Å²) in [4.78, 5) is 8.29. The Bertz CT molecular complexity index is 997. The number of fused-ring (bicyclic) bond motifs is 1. The van der Waals surface area contributed by atoms with Crippen LogP contribution in [-0.4, -0.2) is 19.6 Å². The molecule has 0 fully saturated rings. The molecule has 0 amide bonds. The Labute approximate surface area is 137 Å². The topological polar surface area (TPSA) is 69.1 Å². The summed E-state index contributed by atoms with van der Waals surface area (Å²) in [5, 5.41) is 4.57. The van der Waals surface area contributed by atoms with E-state index in [0.29, 0.717) is 22.6 Å². The first kappa shape index (κ1) is 14.5. The van der Waals surface area contributed by atoms with Crippen LogP contribution in [0.4, 0.5) is 4.39 Å². The van der Waals surface area contributed by atoms with E-state index in [1.807, 2.05) is 24.3 Å². The fourth-order valence-electron chi connectivity index (χ4n) is 2.65. The van der Waals surface area contributed by atoms with Crippen molar-refractivity contribution in [3.8, 4) is 11.3 Å². The maximum absolute atomic E-state index is 14.1. The normalized spacial score (nSPS) is 12.4. The van der Waals surface area contributed by atoms with Gasteiger partial charge in [0.2, 0.25) is 0 Å². The Morgan fingerprint density at radius 1 is 1.00 bits per heavy atom. The lowest BCUT2D eigenvalue weighted by Gasteiger charge is -2.12. The predicted molar refractivity (Wildman–Crippen MR) is 88.6 cm³/mol. The molecule has 118 valence electrons. The molecule has 4 aromatic rings. The highest BCUT2D eigenvalue weighted by molar-refractivity contribution is 5.63. The van der Waals surface area contributed by atoms with Gasteiger partial charge in [-0.05, 0) is 42.0 Å². The number of halogens is 1. The molecule has 0 aliphatic carbocycles. The van der Waals surface area contributed by atoms with Crippen LogP contribution in [0.5, 0.6) is 0 Å². The number of nitrogens with two attached hydrogens (primary N) is 1. The van der Waals surface area contributed by atoms with E-state index in [-0.39, 0.29) is 5.82 Å². The van der Waals surface area contributed by atoms with E-state index < -0.39 is 6.04 Å². The maximum Gasteiger partial charge on any atom is 0.154 e. The van der Waals surface area contributed by atoms with Gasteiger partial charge < -0.3 is 5.73 Å². The molecule has 0 radical (unpaired) electrons. The molecule has 0 spiro atoms. The smallest absolute Gasteiger partial charge is 0.154 e. The van der Waals surface area contributed by atoms with Crippen molar-refractivity contribution in [2.24, 2.45) is 5.73 Å². The summed E-state index contributed by atoms with van der Waals surface area (Å²) in [6.45, 7) is 0. The Hall–Kier alpha value is -3.12. The molecule has 1 aromatic carbocycles. The molecule has 24 heavy (non-hydrogen) atoms. The van der Waals surface area contributed by atoms with Crippen LogP contribution in [0.15, 0.2) is 67.1 Å². The average molecular weight is 319 g/mol. The van der Waals surface area contributed by atoms with Crippen LogP contribution in [0, 0.1) is 5.82 Å². The van der Waals surface area contributed by atoms with E-state index in [4.69, 9.17) is 5.73 Å². The number of aromatic nitrogens is 4. The van der Waals surface area contributed by atoms with Crippen LogP contribution in [0.25, 0.3) is 16.9 Å². The van der Waals surface area contributed by atoms with Gasteiger partial charge in [-0.15, -0.1) is 0 Å². The lowest BCUT2D eigenvalue weighted by Crippen LogP contribution is -2.15. The molecule has 0 aliphatic heterocycles. The van der Waals surface area contributed by atoms with Gasteiger partial charge >= 0.3 is 0 Å². The van der Waals surface area contributed by atoms with Gasteiger partial charge in [-0.3, -0.25) is 4.98 Å². The van der Waals surface area contributed by atoms with Crippen molar-refractivity contribution in [2.75, 3.05) is 0 Å². The lowest BCUT2D eigenvalue weighted by molar-refractivity contribution is 0.629. The van der Waals surface area contributed by atoms with Gasteiger partial charge in [0.05, 0.1) is 23.6 Å². The summed E-state index contributed by atoms with van der Waals surface area (Å²) in [7, 11) is 0. The molecule has 0 saturated carbocycles.